The average molecular weight is 526 g/mol. The van der Waals surface area contributed by atoms with Gasteiger partial charge in [0.05, 0.1) is 59.5 Å². The second-order valence-corrected chi connectivity index (χ2v) is 11.9. The van der Waals surface area contributed by atoms with Gasteiger partial charge in [-0.15, -0.1) is 0 Å². The Kier molecular flexibility index (Phi) is 6.96. The van der Waals surface area contributed by atoms with E-state index < -0.39 is 7.36 Å². The molecule has 0 radical (unpaired) electrons. The van der Waals surface area contributed by atoms with Crippen LogP contribution in [0.25, 0.3) is 0 Å². The average Bonchev–Trinajstić information content (AvgIpc) is 3.21. The van der Waals surface area contributed by atoms with Crippen LogP contribution in [0.4, 0.5) is 15.9 Å². The molecule has 1 fully saturated rings. The maximum absolute atomic E-state index is 15.2. The first kappa shape index (κ1) is 24.7. The third kappa shape index (κ3) is 4.14. The quantitative estimate of drug-likeness (QED) is 0.425. The normalized spacial score (nSPS) is 20.0. The first-order valence-electron chi connectivity index (χ1n) is 11.7. The van der Waals surface area contributed by atoms with Crippen LogP contribution in [0.3, 0.4) is 0 Å². The molecule has 0 amide bonds. The molecule has 3 heterocycles. The monoisotopic (exact) mass is 525 g/mol. The Bertz CT molecular complexity index is 1420. The summed E-state index contributed by atoms with van der Waals surface area (Å²) in [5.41, 5.74) is 1.81. The molecule has 1 atom stereocenters. The van der Waals surface area contributed by atoms with Gasteiger partial charge in [0.1, 0.15) is 11.7 Å². The van der Waals surface area contributed by atoms with E-state index in [0.29, 0.717) is 60.8 Å². The lowest BCUT2D eigenvalue weighted by Gasteiger charge is -2.46. The van der Waals surface area contributed by atoms with Crippen LogP contribution < -0.4 is 5.30 Å². The zero-order valence-electron chi connectivity index (χ0n) is 20.1. The first-order chi connectivity index (χ1) is 17.5. The van der Waals surface area contributed by atoms with Crippen LogP contribution in [0.2, 0.25) is 5.02 Å². The summed E-state index contributed by atoms with van der Waals surface area (Å²) in [5, 5.41) is 15.5. The number of nitrogens with zero attached hydrogens (tertiary/aromatic N) is 7. The van der Waals surface area contributed by atoms with E-state index in [1.807, 2.05) is 42.9 Å². The van der Waals surface area contributed by atoms with Crippen LogP contribution in [0.1, 0.15) is 17.7 Å². The van der Waals surface area contributed by atoms with Crippen LogP contribution in [-0.4, -0.2) is 58.3 Å². The van der Waals surface area contributed by atoms with Crippen molar-refractivity contribution in [1.29, 1.82) is 5.26 Å². The van der Waals surface area contributed by atoms with Crippen molar-refractivity contribution in [3.63, 3.8) is 0 Å². The predicted octanol–water partition coefficient (Wildman–Crippen LogP) is 5.24. The van der Waals surface area contributed by atoms with Crippen molar-refractivity contribution in [3.8, 4) is 6.07 Å². The molecule has 8 nitrogen and oxygen atoms in total. The fourth-order valence-corrected chi connectivity index (χ4v) is 8.78. The number of aryl methyl sites for hydroxylation is 2. The molecule has 1 unspecified atom stereocenters. The summed E-state index contributed by atoms with van der Waals surface area (Å²) in [4.78, 5) is 4.96. The molecule has 2 aliphatic rings. The largest absolute Gasteiger partial charge is 0.379 e. The fraction of sp³-hybridized carbons (Fsp3) is 0.320. The van der Waals surface area contributed by atoms with Crippen molar-refractivity contribution in [2.24, 2.45) is 9.74 Å². The number of hydrogen-bond donors (Lipinski definition) is 0. The lowest BCUT2D eigenvalue weighted by Crippen LogP contribution is -2.45. The number of aliphatic imine (C=N–C) groups is 1. The van der Waals surface area contributed by atoms with Crippen molar-refractivity contribution in [1.82, 2.24) is 19.1 Å². The molecule has 0 saturated carbocycles. The lowest BCUT2D eigenvalue weighted by molar-refractivity contribution is 0.0732. The van der Waals surface area contributed by atoms with Crippen molar-refractivity contribution >= 4 is 41.6 Å². The Labute approximate surface area is 214 Å². The van der Waals surface area contributed by atoms with Gasteiger partial charge in [-0.2, -0.15) is 10.4 Å². The van der Waals surface area contributed by atoms with E-state index >= 15 is 4.39 Å². The van der Waals surface area contributed by atoms with Crippen molar-refractivity contribution in [2.75, 3.05) is 33.4 Å². The first-order valence-corrected chi connectivity index (χ1v) is 13.7. The number of hydrogen-bond acceptors (Lipinski definition) is 5. The van der Waals surface area contributed by atoms with Crippen LogP contribution in [0.5, 0.6) is 0 Å². The SMILES string of the molecule is Cc1nn(CCC#N)c2c1P(=Nc1ccccc1Cl)(N1CCOCC1)N(C)C(c1ccccc1F)=N2. The Hall–Kier alpha value is -3.02. The zero-order chi connectivity index (χ0) is 25.3. The molecule has 1 saturated heterocycles. The maximum atomic E-state index is 15.2. The van der Waals surface area contributed by atoms with Crippen molar-refractivity contribution in [3.05, 3.63) is 70.6 Å². The van der Waals surface area contributed by atoms with Gasteiger partial charge < -0.3 is 9.41 Å². The summed E-state index contributed by atoms with van der Waals surface area (Å²) in [6, 6.07) is 16.3. The van der Waals surface area contributed by atoms with E-state index in [9.17, 15) is 5.26 Å². The van der Waals surface area contributed by atoms with E-state index in [1.165, 1.54) is 6.07 Å². The second-order valence-electron chi connectivity index (χ2n) is 8.51. The Morgan fingerprint density at radius 3 is 2.61 bits per heavy atom. The number of aromatic nitrogens is 2. The van der Waals surface area contributed by atoms with Crippen LogP contribution in [0, 0.1) is 24.1 Å². The third-order valence-electron chi connectivity index (χ3n) is 6.34. The molecule has 36 heavy (non-hydrogen) atoms. The topological polar surface area (TPSA) is 82.0 Å². The molecule has 0 aliphatic carbocycles. The number of benzene rings is 2. The lowest BCUT2D eigenvalue weighted by atomic mass is 10.2. The Morgan fingerprint density at radius 1 is 1.17 bits per heavy atom. The van der Waals surface area contributed by atoms with Gasteiger partial charge in [0.15, 0.2) is 13.2 Å². The van der Waals surface area contributed by atoms with Gasteiger partial charge in [0.2, 0.25) is 0 Å². The highest BCUT2D eigenvalue weighted by Crippen LogP contribution is 2.62. The minimum absolute atomic E-state index is 0.276. The number of morpholine rings is 1. The van der Waals surface area contributed by atoms with Gasteiger partial charge in [0.25, 0.3) is 0 Å². The number of halogens is 2. The number of fused-ring (bicyclic) bond motifs is 1. The van der Waals surface area contributed by atoms with Crippen LogP contribution >= 0.6 is 19.0 Å². The van der Waals surface area contributed by atoms with Gasteiger partial charge in [-0.25, -0.2) is 23.5 Å². The Balaban J connectivity index is 1.87. The Morgan fingerprint density at radius 2 is 1.89 bits per heavy atom. The van der Waals surface area contributed by atoms with Gasteiger partial charge in [-0.1, -0.05) is 35.9 Å². The molecule has 11 heteroatoms. The maximum Gasteiger partial charge on any atom is 0.165 e. The summed E-state index contributed by atoms with van der Waals surface area (Å²) >= 11 is 6.63. The molecular weight excluding hydrogens is 500 g/mol. The molecule has 5 rings (SSSR count). The highest BCUT2D eigenvalue weighted by atomic mass is 35.5. The van der Waals surface area contributed by atoms with E-state index in [2.05, 4.69) is 10.7 Å². The van der Waals surface area contributed by atoms with E-state index in [-0.39, 0.29) is 12.2 Å². The molecular formula is C25H26ClFN7OP. The summed E-state index contributed by atoms with van der Waals surface area (Å²) < 4.78 is 32.4. The molecule has 0 spiro atoms. The standard InChI is InChI=1S/C25H26ClFN7OP/c1-18-23-25(34(30-18)13-7-12-28)29-24(19-8-3-5-10-21(19)27)32(2)36(23,33-14-16-35-17-15-33)31-22-11-6-4-9-20(22)26/h3-6,8-11H,7,13-17H2,1-2H3. The minimum Gasteiger partial charge on any atom is -0.379 e. The van der Waals surface area contributed by atoms with E-state index in [0.717, 1.165) is 11.0 Å². The highest BCUT2D eigenvalue weighted by Gasteiger charge is 2.45. The fourth-order valence-electron chi connectivity index (χ4n) is 4.69. The molecule has 0 N–H and O–H groups in total. The van der Waals surface area contributed by atoms with E-state index in [1.54, 1.807) is 22.9 Å². The smallest absolute Gasteiger partial charge is 0.165 e. The summed E-state index contributed by atoms with van der Waals surface area (Å²) in [5.74, 6) is 0.702. The predicted molar refractivity (Wildman–Crippen MR) is 140 cm³/mol. The molecule has 0 bridgehead atoms. The summed E-state index contributed by atoms with van der Waals surface area (Å²) in [6.07, 6.45) is 0.276. The van der Waals surface area contributed by atoms with Gasteiger partial charge in [0, 0.05) is 20.1 Å². The zero-order valence-corrected chi connectivity index (χ0v) is 21.8. The van der Waals surface area contributed by atoms with Gasteiger partial charge in [-0.3, -0.25) is 0 Å². The van der Waals surface area contributed by atoms with Gasteiger partial charge >= 0.3 is 0 Å². The molecule has 2 aromatic carbocycles. The molecule has 1 aromatic heterocycles. The van der Waals surface area contributed by atoms with Gasteiger partial charge in [-0.05, 0) is 31.2 Å². The minimum atomic E-state index is -2.82. The summed E-state index contributed by atoms with van der Waals surface area (Å²) in [6.45, 7) is 4.70. The molecule has 186 valence electrons. The highest BCUT2D eigenvalue weighted by molar-refractivity contribution is 7.70. The molecule has 3 aromatic rings. The number of ether oxygens (including phenoxy) is 1. The third-order valence-corrected chi connectivity index (χ3v) is 10.5. The second kappa shape index (κ2) is 10.2. The van der Waals surface area contributed by atoms with Crippen molar-refractivity contribution in [2.45, 2.75) is 19.9 Å². The van der Waals surface area contributed by atoms with Crippen molar-refractivity contribution < 1.29 is 9.13 Å². The number of nitriles is 1. The van der Waals surface area contributed by atoms with Crippen LogP contribution in [0.15, 0.2) is 58.3 Å². The summed E-state index contributed by atoms with van der Waals surface area (Å²) in [7, 11) is -0.902. The number of amidine groups is 1. The van der Waals surface area contributed by atoms with E-state index in [4.69, 9.17) is 31.2 Å². The molecule has 2 aliphatic heterocycles. The number of rotatable bonds is 5. The van der Waals surface area contributed by atoms with Crippen LogP contribution in [-0.2, 0) is 11.3 Å².